The van der Waals surface area contributed by atoms with Crippen molar-refractivity contribution in [3.8, 4) is 17.2 Å². The molecule has 19 heavy (non-hydrogen) atoms. The van der Waals surface area contributed by atoms with Crippen molar-refractivity contribution < 1.29 is 15.3 Å². The molecular weight excluding hydrogens is 355 g/mol. The molecule has 0 saturated heterocycles. The summed E-state index contributed by atoms with van der Waals surface area (Å²) >= 11 is 15.0. The normalized spacial score (nSPS) is 10.7. The molecule has 0 radical (unpaired) electrons. The zero-order valence-corrected chi connectivity index (χ0v) is 12.6. The molecule has 3 nitrogen and oxygen atoms in total. The van der Waals surface area contributed by atoms with Crippen LogP contribution in [0.25, 0.3) is 0 Å². The summed E-state index contributed by atoms with van der Waals surface area (Å²) in [5, 5.41) is 29.7. The fraction of sp³-hybridized carbons (Fsp3) is 0.0769. The lowest BCUT2D eigenvalue weighted by atomic mass is 10.0. The van der Waals surface area contributed by atoms with Gasteiger partial charge in [-0.15, -0.1) is 0 Å². The Labute approximate surface area is 128 Å². The molecule has 0 fully saturated rings. The number of rotatable bonds is 2. The van der Waals surface area contributed by atoms with Crippen LogP contribution in [0.4, 0.5) is 0 Å². The fourth-order valence-corrected chi connectivity index (χ4v) is 2.84. The maximum Gasteiger partial charge on any atom is 0.161 e. The summed E-state index contributed by atoms with van der Waals surface area (Å²) in [4.78, 5) is 0. The molecule has 0 amide bonds. The summed E-state index contributed by atoms with van der Waals surface area (Å²) < 4.78 is 0.705. The van der Waals surface area contributed by atoms with Gasteiger partial charge in [0.25, 0.3) is 0 Å². The lowest BCUT2D eigenvalue weighted by molar-refractivity contribution is 0.400. The van der Waals surface area contributed by atoms with Gasteiger partial charge >= 0.3 is 0 Å². The average Bonchev–Trinajstić information content (AvgIpc) is 2.31. The van der Waals surface area contributed by atoms with Crippen molar-refractivity contribution in [3.05, 3.63) is 49.9 Å². The Morgan fingerprint density at radius 2 is 1.53 bits per heavy atom. The zero-order chi connectivity index (χ0) is 14.2. The van der Waals surface area contributed by atoms with Crippen LogP contribution in [0.2, 0.25) is 10.0 Å². The highest BCUT2D eigenvalue weighted by Gasteiger charge is 2.13. The van der Waals surface area contributed by atoms with Gasteiger partial charge in [-0.1, -0.05) is 39.1 Å². The van der Waals surface area contributed by atoms with Crippen LogP contribution in [0.5, 0.6) is 17.2 Å². The van der Waals surface area contributed by atoms with Gasteiger partial charge in [0.1, 0.15) is 5.75 Å². The summed E-state index contributed by atoms with van der Waals surface area (Å²) in [5.41, 5.74) is 0.908. The van der Waals surface area contributed by atoms with Crippen LogP contribution in [-0.2, 0) is 6.42 Å². The molecule has 6 heteroatoms. The van der Waals surface area contributed by atoms with Gasteiger partial charge in [-0.05, 0) is 18.2 Å². The third kappa shape index (κ3) is 3.08. The summed E-state index contributed by atoms with van der Waals surface area (Å²) in [6, 6.07) is 6.01. The largest absolute Gasteiger partial charge is 0.506 e. The molecule has 0 unspecified atom stereocenters. The molecule has 0 aliphatic carbocycles. The summed E-state index contributed by atoms with van der Waals surface area (Å²) in [5.74, 6) is -0.633. The van der Waals surface area contributed by atoms with Crippen molar-refractivity contribution >= 4 is 39.1 Å². The maximum absolute atomic E-state index is 9.88. The molecule has 2 rings (SSSR count). The van der Waals surface area contributed by atoms with Crippen molar-refractivity contribution in [2.75, 3.05) is 0 Å². The highest BCUT2D eigenvalue weighted by molar-refractivity contribution is 9.10. The van der Waals surface area contributed by atoms with Gasteiger partial charge in [-0.25, -0.2) is 0 Å². The lowest BCUT2D eigenvalue weighted by Gasteiger charge is -2.10. The third-order valence-corrected chi connectivity index (χ3v) is 3.59. The van der Waals surface area contributed by atoms with Gasteiger partial charge in [0.05, 0.1) is 5.02 Å². The van der Waals surface area contributed by atoms with Crippen LogP contribution >= 0.6 is 39.1 Å². The van der Waals surface area contributed by atoms with E-state index in [9.17, 15) is 15.3 Å². The van der Waals surface area contributed by atoms with Crippen LogP contribution in [0.1, 0.15) is 11.1 Å². The smallest absolute Gasteiger partial charge is 0.161 e. The van der Waals surface area contributed by atoms with E-state index < -0.39 is 0 Å². The van der Waals surface area contributed by atoms with Crippen LogP contribution < -0.4 is 0 Å². The van der Waals surface area contributed by atoms with Crippen molar-refractivity contribution in [3.63, 3.8) is 0 Å². The monoisotopic (exact) mass is 362 g/mol. The number of halogens is 3. The van der Waals surface area contributed by atoms with Gasteiger partial charge in [0.2, 0.25) is 0 Å². The van der Waals surface area contributed by atoms with Gasteiger partial charge < -0.3 is 15.3 Å². The van der Waals surface area contributed by atoms with Crippen molar-refractivity contribution in [1.29, 1.82) is 0 Å². The summed E-state index contributed by atoms with van der Waals surface area (Å²) in [6.45, 7) is 0. The van der Waals surface area contributed by atoms with E-state index in [1.165, 1.54) is 12.1 Å². The molecule has 0 aromatic heterocycles. The zero-order valence-electron chi connectivity index (χ0n) is 9.49. The third-order valence-electron chi connectivity index (χ3n) is 2.62. The number of hydrogen-bond acceptors (Lipinski definition) is 3. The number of phenolic OH excluding ortho intramolecular Hbond substituents is 3. The SMILES string of the molecule is Oc1cc(Cl)cc(Cc2cc(Br)cc(Cl)c2O)c1O. The molecular formula is C13H9BrCl2O3. The molecule has 0 saturated carbocycles. The van der Waals surface area contributed by atoms with Crippen LogP contribution in [0.3, 0.4) is 0 Å². The second-order valence-corrected chi connectivity index (χ2v) is 5.76. The molecule has 100 valence electrons. The van der Waals surface area contributed by atoms with Gasteiger partial charge in [0.15, 0.2) is 11.5 Å². The molecule has 0 aliphatic heterocycles. The van der Waals surface area contributed by atoms with E-state index in [1.807, 2.05) is 0 Å². The van der Waals surface area contributed by atoms with Crippen molar-refractivity contribution in [1.82, 2.24) is 0 Å². The van der Waals surface area contributed by atoms with Crippen LogP contribution in [-0.4, -0.2) is 15.3 Å². The minimum absolute atomic E-state index is 0.0660. The Bertz CT molecular complexity index is 589. The van der Waals surface area contributed by atoms with E-state index >= 15 is 0 Å². The second kappa shape index (κ2) is 5.49. The first-order valence-electron chi connectivity index (χ1n) is 5.25. The standard InChI is InChI=1S/C13H9BrCl2O3/c14-8-2-6(12(18)10(16)4-8)1-7-3-9(15)5-11(17)13(7)19/h2-5,17-19H,1H2. The quantitative estimate of drug-likeness (QED) is 0.690. The van der Waals surface area contributed by atoms with Crippen molar-refractivity contribution in [2.45, 2.75) is 6.42 Å². The van der Waals surface area contributed by atoms with Crippen molar-refractivity contribution in [2.24, 2.45) is 0 Å². The van der Waals surface area contributed by atoms with E-state index in [2.05, 4.69) is 15.9 Å². The first kappa shape index (κ1) is 14.3. The molecule has 3 N–H and O–H groups in total. The predicted molar refractivity (Wildman–Crippen MR) is 78.4 cm³/mol. The number of hydrogen-bond donors (Lipinski definition) is 3. The first-order chi connectivity index (χ1) is 8.88. The minimum atomic E-state index is -0.303. The van der Waals surface area contributed by atoms with Crippen LogP contribution in [0, 0.1) is 0 Å². The Morgan fingerprint density at radius 3 is 2.21 bits per heavy atom. The Balaban J connectivity index is 2.47. The van der Waals surface area contributed by atoms with E-state index in [4.69, 9.17) is 23.2 Å². The molecule has 0 spiro atoms. The highest BCUT2D eigenvalue weighted by atomic mass is 79.9. The predicted octanol–water partition coefficient (Wildman–Crippen LogP) is 4.46. The number of aromatic hydroxyl groups is 3. The lowest BCUT2D eigenvalue weighted by Crippen LogP contribution is -1.91. The Kier molecular flexibility index (Phi) is 4.13. The number of benzene rings is 2. The molecule has 0 bridgehead atoms. The first-order valence-corrected chi connectivity index (χ1v) is 6.80. The summed E-state index contributed by atoms with van der Waals surface area (Å²) in [7, 11) is 0. The van der Waals surface area contributed by atoms with E-state index in [0.29, 0.717) is 20.6 Å². The molecule has 0 atom stereocenters. The van der Waals surface area contributed by atoms with E-state index in [1.54, 1.807) is 12.1 Å². The molecule has 2 aromatic rings. The van der Waals surface area contributed by atoms with E-state index in [0.717, 1.165) is 0 Å². The molecule has 0 aliphatic rings. The average molecular weight is 364 g/mol. The molecule has 0 heterocycles. The highest BCUT2D eigenvalue weighted by Crippen LogP contribution is 2.37. The van der Waals surface area contributed by atoms with E-state index in [-0.39, 0.29) is 28.7 Å². The molecule has 2 aromatic carbocycles. The van der Waals surface area contributed by atoms with Crippen LogP contribution in [0.15, 0.2) is 28.7 Å². The number of phenols is 3. The topological polar surface area (TPSA) is 60.7 Å². The second-order valence-electron chi connectivity index (χ2n) is 4.00. The maximum atomic E-state index is 9.88. The minimum Gasteiger partial charge on any atom is -0.506 e. The van der Waals surface area contributed by atoms with Gasteiger partial charge in [0, 0.05) is 33.1 Å². The van der Waals surface area contributed by atoms with Gasteiger partial charge in [-0.2, -0.15) is 0 Å². The Morgan fingerprint density at radius 1 is 0.895 bits per heavy atom. The fourth-order valence-electron chi connectivity index (χ4n) is 1.73. The summed E-state index contributed by atoms with van der Waals surface area (Å²) in [6.07, 6.45) is 0.185. The Hall–Kier alpha value is -1.10. The van der Waals surface area contributed by atoms with Gasteiger partial charge in [-0.3, -0.25) is 0 Å².